The van der Waals surface area contributed by atoms with E-state index < -0.39 is 0 Å². The predicted octanol–water partition coefficient (Wildman–Crippen LogP) is 3.88. The second-order valence-electron chi connectivity index (χ2n) is 7.95. The number of nitrogens with one attached hydrogen (secondary N) is 2. The van der Waals surface area contributed by atoms with Crippen LogP contribution in [-0.2, 0) is 0 Å². The molecule has 2 aromatic heterocycles. The average molecular weight is 447 g/mol. The summed E-state index contributed by atoms with van der Waals surface area (Å²) in [5.41, 5.74) is 2.28. The van der Waals surface area contributed by atoms with Crippen LogP contribution in [0.5, 0.6) is 17.2 Å². The smallest absolute Gasteiger partial charge is 0.164 e. The van der Waals surface area contributed by atoms with Gasteiger partial charge in [-0.25, -0.2) is 14.6 Å². The molecule has 9 heteroatoms. The topological polar surface area (TPSA) is 106 Å². The zero-order valence-electron chi connectivity index (χ0n) is 18.6. The monoisotopic (exact) mass is 446 g/mol. The molecule has 3 heterocycles. The fourth-order valence-electron chi connectivity index (χ4n) is 4.16. The molecule has 170 valence electrons. The fourth-order valence-corrected chi connectivity index (χ4v) is 4.16. The summed E-state index contributed by atoms with van der Waals surface area (Å²) in [6.07, 6.45) is 3.79. The Hall–Kier alpha value is -3.85. The molecule has 0 amide bonds. The molecular weight excluding hydrogens is 420 g/mol. The number of nitrogens with zero attached hydrogens (tertiary/aromatic N) is 4. The number of methoxy groups -OCH3 is 2. The Kier molecular flexibility index (Phi) is 5.70. The lowest BCUT2D eigenvalue weighted by molar-refractivity contribution is 0.350. The second kappa shape index (κ2) is 8.95. The van der Waals surface area contributed by atoms with Gasteiger partial charge in [0.25, 0.3) is 0 Å². The minimum absolute atomic E-state index is 0.164. The van der Waals surface area contributed by atoms with Gasteiger partial charge in [-0.2, -0.15) is 5.10 Å². The molecule has 2 aromatic carbocycles. The largest absolute Gasteiger partial charge is 0.508 e. The van der Waals surface area contributed by atoms with Gasteiger partial charge >= 0.3 is 0 Å². The molecule has 1 fully saturated rings. The average Bonchev–Trinajstić information content (AvgIpc) is 3.29. The van der Waals surface area contributed by atoms with Crippen molar-refractivity contribution in [1.29, 1.82) is 0 Å². The summed E-state index contributed by atoms with van der Waals surface area (Å²) < 4.78 is 12.8. The maximum absolute atomic E-state index is 10.00. The molecule has 1 saturated heterocycles. The number of hydrogen-bond acceptors (Lipinski definition) is 8. The van der Waals surface area contributed by atoms with Crippen molar-refractivity contribution in [3.05, 3.63) is 48.7 Å². The normalized spacial score (nSPS) is 14.4. The lowest BCUT2D eigenvalue weighted by atomic mass is 10.1. The number of ether oxygens (including phenoxy) is 2. The summed E-state index contributed by atoms with van der Waals surface area (Å²) in [5, 5.41) is 22.3. The van der Waals surface area contributed by atoms with Crippen molar-refractivity contribution in [2.24, 2.45) is 0 Å². The summed E-state index contributed by atoms with van der Waals surface area (Å²) in [5.74, 6) is 2.57. The third kappa shape index (κ3) is 4.14. The molecule has 9 nitrogen and oxygen atoms in total. The number of benzene rings is 2. The molecular formula is C24H26N6O3. The number of hydrogen-bond donors (Lipinski definition) is 3. The molecule has 3 N–H and O–H groups in total. The van der Waals surface area contributed by atoms with E-state index >= 15 is 0 Å². The van der Waals surface area contributed by atoms with Crippen LogP contribution in [0.15, 0.2) is 48.7 Å². The van der Waals surface area contributed by atoms with E-state index in [9.17, 15) is 5.11 Å². The Morgan fingerprint density at radius 3 is 2.61 bits per heavy atom. The van der Waals surface area contributed by atoms with Crippen molar-refractivity contribution in [1.82, 2.24) is 25.1 Å². The van der Waals surface area contributed by atoms with E-state index in [0.29, 0.717) is 23.1 Å². The van der Waals surface area contributed by atoms with Gasteiger partial charge in [0.1, 0.15) is 11.6 Å². The quantitative estimate of drug-likeness (QED) is 0.410. The van der Waals surface area contributed by atoms with Crippen LogP contribution in [0.2, 0.25) is 0 Å². The highest BCUT2D eigenvalue weighted by atomic mass is 16.5. The molecule has 4 aromatic rings. The van der Waals surface area contributed by atoms with E-state index in [2.05, 4.69) is 15.7 Å². The van der Waals surface area contributed by atoms with E-state index in [4.69, 9.17) is 19.4 Å². The number of aromatic nitrogens is 4. The van der Waals surface area contributed by atoms with Gasteiger partial charge in [-0.05, 0) is 50.2 Å². The number of fused-ring (bicyclic) bond motifs is 1. The van der Waals surface area contributed by atoms with Crippen LogP contribution in [0.25, 0.3) is 22.4 Å². The molecule has 33 heavy (non-hydrogen) atoms. The van der Waals surface area contributed by atoms with Crippen LogP contribution in [-0.4, -0.2) is 52.2 Å². The maximum atomic E-state index is 10.00. The maximum Gasteiger partial charge on any atom is 0.164 e. The molecule has 1 aliphatic rings. The van der Waals surface area contributed by atoms with Gasteiger partial charge in [0.05, 0.1) is 31.8 Å². The minimum atomic E-state index is 0.164. The Balaban J connectivity index is 1.63. The highest BCUT2D eigenvalue weighted by molar-refractivity contribution is 5.90. The van der Waals surface area contributed by atoms with Crippen molar-refractivity contribution in [3.8, 4) is 28.6 Å². The van der Waals surface area contributed by atoms with E-state index in [1.807, 2.05) is 35.1 Å². The molecule has 0 spiro atoms. The van der Waals surface area contributed by atoms with Crippen LogP contribution in [0.4, 0.5) is 11.5 Å². The van der Waals surface area contributed by atoms with Crippen LogP contribution >= 0.6 is 0 Å². The van der Waals surface area contributed by atoms with Gasteiger partial charge in [0.2, 0.25) is 0 Å². The second-order valence-corrected chi connectivity index (χ2v) is 7.95. The van der Waals surface area contributed by atoms with Crippen molar-refractivity contribution in [3.63, 3.8) is 0 Å². The SMILES string of the molecule is COc1ccc(Nc2nc(-c3cccc(O)c3)nc3c2cnn3C2CCNCC2)cc1OC. The van der Waals surface area contributed by atoms with Crippen molar-refractivity contribution < 1.29 is 14.6 Å². The molecule has 0 aliphatic carbocycles. The van der Waals surface area contributed by atoms with Gasteiger partial charge in [-0.15, -0.1) is 0 Å². The van der Waals surface area contributed by atoms with Crippen LogP contribution in [0.3, 0.4) is 0 Å². The highest BCUT2D eigenvalue weighted by Crippen LogP contribution is 2.34. The van der Waals surface area contributed by atoms with E-state index in [1.54, 1.807) is 32.4 Å². The first-order chi connectivity index (χ1) is 16.2. The standard InChI is InChI=1S/C24H26N6O3/c1-32-20-7-6-16(13-21(20)33-2)27-23-19-14-26-30(17-8-10-25-11-9-17)24(19)29-22(28-23)15-4-3-5-18(31)12-15/h3-7,12-14,17,25,31H,8-11H2,1-2H3,(H,27,28,29). The third-order valence-corrected chi connectivity index (χ3v) is 5.86. The number of anilines is 2. The zero-order valence-corrected chi connectivity index (χ0v) is 18.6. The number of phenolic OH excluding ortho intramolecular Hbond substituents is 1. The predicted molar refractivity (Wildman–Crippen MR) is 126 cm³/mol. The number of piperidine rings is 1. The third-order valence-electron chi connectivity index (χ3n) is 5.86. The molecule has 1 aliphatic heterocycles. The van der Waals surface area contributed by atoms with Gasteiger partial charge in [-0.3, -0.25) is 0 Å². The minimum Gasteiger partial charge on any atom is -0.508 e. The van der Waals surface area contributed by atoms with Crippen molar-refractivity contribution in [2.45, 2.75) is 18.9 Å². The van der Waals surface area contributed by atoms with Crippen molar-refractivity contribution >= 4 is 22.5 Å². The molecule has 0 saturated carbocycles. The Morgan fingerprint density at radius 1 is 1.03 bits per heavy atom. The summed E-state index contributed by atoms with van der Waals surface area (Å²) in [6, 6.07) is 12.8. The lowest BCUT2D eigenvalue weighted by Gasteiger charge is -2.23. The lowest BCUT2D eigenvalue weighted by Crippen LogP contribution is -2.30. The number of aromatic hydroxyl groups is 1. The first-order valence-corrected chi connectivity index (χ1v) is 10.9. The van der Waals surface area contributed by atoms with E-state index in [1.165, 1.54) is 0 Å². The van der Waals surface area contributed by atoms with Crippen LogP contribution in [0, 0.1) is 0 Å². The Labute approximate surface area is 191 Å². The van der Waals surface area contributed by atoms with Gasteiger partial charge in [0.15, 0.2) is 23.0 Å². The fraction of sp³-hybridized carbons (Fsp3) is 0.292. The molecule has 5 rings (SSSR count). The first-order valence-electron chi connectivity index (χ1n) is 10.9. The molecule has 0 atom stereocenters. The van der Waals surface area contributed by atoms with Crippen molar-refractivity contribution in [2.75, 3.05) is 32.6 Å². The van der Waals surface area contributed by atoms with Crippen LogP contribution < -0.4 is 20.1 Å². The number of phenols is 1. The Bertz CT molecular complexity index is 1280. The molecule has 0 unspecified atom stereocenters. The zero-order chi connectivity index (χ0) is 22.8. The highest BCUT2D eigenvalue weighted by Gasteiger charge is 2.21. The first kappa shape index (κ1) is 21.0. The summed E-state index contributed by atoms with van der Waals surface area (Å²) in [4.78, 5) is 9.65. The van der Waals surface area contributed by atoms with Gasteiger partial charge in [-0.1, -0.05) is 12.1 Å². The van der Waals surface area contributed by atoms with E-state index in [0.717, 1.165) is 48.2 Å². The Morgan fingerprint density at radius 2 is 1.85 bits per heavy atom. The summed E-state index contributed by atoms with van der Waals surface area (Å²) in [6.45, 7) is 1.90. The van der Waals surface area contributed by atoms with Crippen LogP contribution in [0.1, 0.15) is 18.9 Å². The van der Waals surface area contributed by atoms with Gasteiger partial charge < -0.3 is 25.2 Å². The summed E-state index contributed by atoms with van der Waals surface area (Å²) >= 11 is 0. The number of rotatable bonds is 6. The molecule has 0 bridgehead atoms. The summed E-state index contributed by atoms with van der Waals surface area (Å²) in [7, 11) is 3.21. The van der Waals surface area contributed by atoms with Gasteiger partial charge in [0, 0.05) is 17.3 Å². The molecule has 0 radical (unpaired) electrons. The van der Waals surface area contributed by atoms with E-state index in [-0.39, 0.29) is 11.8 Å².